The molecule has 2 heterocycles. The van der Waals surface area contributed by atoms with Gasteiger partial charge in [0.05, 0.1) is 19.0 Å². The maximum absolute atomic E-state index is 8.58. The summed E-state index contributed by atoms with van der Waals surface area (Å²) in [7, 11) is 1.66. The standard InChI is InChI=1S/C20H22N4O2/c1-26-19-10-5-9-17-18(11-13-22-20(17)19)21-12-3-2-6-15-7-4-8-16(24-15)14-23-25/h4-5,7-11,13-14,25H,2-3,6,12H2,1H3,(H,21,22). The molecule has 0 saturated carbocycles. The molecule has 1 aromatic carbocycles. The Hall–Kier alpha value is -3.15. The van der Waals surface area contributed by atoms with Gasteiger partial charge in [0.2, 0.25) is 0 Å². The molecule has 2 N–H and O–H groups in total. The van der Waals surface area contributed by atoms with E-state index in [9.17, 15) is 0 Å². The van der Waals surface area contributed by atoms with Crippen molar-refractivity contribution in [3.8, 4) is 5.75 Å². The fourth-order valence-electron chi connectivity index (χ4n) is 2.89. The molecule has 26 heavy (non-hydrogen) atoms. The molecule has 0 atom stereocenters. The van der Waals surface area contributed by atoms with Crippen LogP contribution in [0.3, 0.4) is 0 Å². The monoisotopic (exact) mass is 350 g/mol. The molecule has 2 aromatic heterocycles. The van der Waals surface area contributed by atoms with Gasteiger partial charge in [0.15, 0.2) is 0 Å². The number of aromatic nitrogens is 2. The number of hydrogen-bond donors (Lipinski definition) is 2. The lowest BCUT2D eigenvalue weighted by atomic mass is 10.1. The molecule has 6 heteroatoms. The van der Waals surface area contributed by atoms with Crippen molar-refractivity contribution in [3.63, 3.8) is 0 Å². The minimum absolute atomic E-state index is 0.667. The molecule has 0 aliphatic carbocycles. The van der Waals surface area contributed by atoms with Crippen molar-refractivity contribution in [2.75, 3.05) is 19.0 Å². The van der Waals surface area contributed by atoms with E-state index in [-0.39, 0.29) is 0 Å². The normalized spacial score (nSPS) is 11.1. The smallest absolute Gasteiger partial charge is 0.145 e. The van der Waals surface area contributed by atoms with Gasteiger partial charge >= 0.3 is 0 Å². The minimum Gasteiger partial charge on any atom is -0.494 e. The number of benzene rings is 1. The zero-order valence-electron chi connectivity index (χ0n) is 14.7. The van der Waals surface area contributed by atoms with E-state index < -0.39 is 0 Å². The summed E-state index contributed by atoms with van der Waals surface area (Å²) >= 11 is 0. The number of rotatable bonds is 8. The Kier molecular flexibility index (Phi) is 5.98. The molecular formula is C20H22N4O2. The Bertz CT molecular complexity index is 896. The Labute approximate surface area is 152 Å². The molecule has 3 aromatic rings. The van der Waals surface area contributed by atoms with E-state index in [2.05, 4.69) is 20.4 Å². The van der Waals surface area contributed by atoms with Crippen LogP contribution < -0.4 is 10.1 Å². The van der Waals surface area contributed by atoms with Crippen LogP contribution in [-0.2, 0) is 6.42 Å². The van der Waals surface area contributed by atoms with Crippen molar-refractivity contribution in [3.05, 3.63) is 60.0 Å². The Morgan fingerprint density at radius 2 is 2.04 bits per heavy atom. The summed E-state index contributed by atoms with van der Waals surface area (Å²) in [5, 5.41) is 16.1. The van der Waals surface area contributed by atoms with Crippen molar-refractivity contribution in [1.29, 1.82) is 0 Å². The molecule has 0 spiro atoms. The highest BCUT2D eigenvalue weighted by atomic mass is 16.5. The number of aryl methyl sites for hydroxylation is 1. The Balaban J connectivity index is 1.54. The third-order valence-corrected chi connectivity index (χ3v) is 4.15. The lowest BCUT2D eigenvalue weighted by molar-refractivity contribution is 0.321. The van der Waals surface area contributed by atoms with Crippen molar-refractivity contribution in [1.82, 2.24) is 9.97 Å². The number of methoxy groups -OCH3 is 1. The van der Waals surface area contributed by atoms with Crippen LogP contribution in [0.2, 0.25) is 0 Å². The Morgan fingerprint density at radius 1 is 1.15 bits per heavy atom. The zero-order chi connectivity index (χ0) is 18.2. The summed E-state index contributed by atoms with van der Waals surface area (Å²) in [5.74, 6) is 0.781. The minimum atomic E-state index is 0.667. The lowest BCUT2D eigenvalue weighted by Gasteiger charge is -2.11. The quantitative estimate of drug-likeness (QED) is 0.279. The molecule has 6 nitrogen and oxygen atoms in total. The number of fused-ring (bicyclic) bond motifs is 1. The summed E-state index contributed by atoms with van der Waals surface area (Å²) in [5.41, 5.74) is 3.60. The number of nitrogens with zero attached hydrogens (tertiary/aromatic N) is 3. The SMILES string of the molecule is COc1cccc2c(NCCCCc3cccc(C=NO)n3)ccnc12. The van der Waals surface area contributed by atoms with Gasteiger partial charge in [-0.15, -0.1) is 0 Å². The Morgan fingerprint density at radius 3 is 2.88 bits per heavy atom. The zero-order valence-corrected chi connectivity index (χ0v) is 14.7. The molecule has 0 amide bonds. The van der Waals surface area contributed by atoms with Gasteiger partial charge in [-0.1, -0.05) is 23.4 Å². The number of ether oxygens (including phenoxy) is 1. The molecule has 0 aliphatic rings. The van der Waals surface area contributed by atoms with Gasteiger partial charge in [0.1, 0.15) is 11.3 Å². The summed E-state index contributed by atoms with van der Waals surface area (Å²) in [6.45, 7) is 0.869. The highest BCUT2D eigenvalue weighted by Crippen LogP contribution is 2.28. The van der Waals surface area contributed by atoms with Crippen LogP contribution in [0, 0.1) is 0 Å². The first kappa shape index (κ1) is 17.7. The number of hydrogen-bond acceptors (Lipinski definition) is 6. The molecule has 0 aliphatic heterocycles. The largest absolute Gasteiger partial charge is 0.494 e. The van der Waals surface area contributed by atoms with Crippen molar-refractivity contribution >= 4 is 22.8 Å². The maximum Gasteiger partial charge on any atom is 0.145 e. The molecular weight excluding hydrogens is 328 g/mol. The number of para-hydroxylation sites is 1. The average molecular weight is 350 g/mol. The van der Waals surface area contributed by atoms with Gasteiger partial charge < -0.3 is 15.3 Å². The highest BCUT2D eigenvalue weighted by molar-refractivity contribution is 5.94. The first-order valence-electron chi connectivity index (χ1n) is 8.61. The van der Waals surface area contributed by atoms with Crippen LogP contribution >= 0.6 is 0 Å². The number of unbranched alkanes of at least 4 members (excludes halogenated alkanes) is 1. The summed E-state index contributed by atoms with van der Waals surface area (Å²) in [4.78, 5) is 8.84. The van der Waals surface area contributed by atoms with E-state index in [1.165, 1.54) is 6.21 Å². The molecule has 3 rings (SSSR count). The second-order valence-corrected chi connectivity index (χ2v) is 5.90. The van der Waals surface area contributed by atoms with Crippen LogP contribution in [0.4, 0.5) is 5.69 Å². The van der Waals surface area contributed by atoms with Gasteiger partial charge in [-0.3, -0.25) is 9.97 Å². The number of nitrogens with one attached hydrogen (secondary N) is 1. The van der Waals surface area contributed by atoms with Crippen molar-refractivity contribution in [2.24, 2.45) is 5.16 Å². The third-order valence-electron chi connectivity index (χ3n) is 4.15. The van der Waals surface area contributed by atoms with E-state index in [1.807, 2.05) is 42.5 Å². The van der Waals surface area contributed by atoms with E-state index >= 15 is 0 Å². The van der Waals surface area contributed by atoms with Crippen molar-refractivity contribution in [2.45, 2.75) is 19.3 Å². The molecule has 0 bridgehead atoms. The fourth-order valence-corrected chi connectivity index (χ4v) is 2.89. The summed E-state index contributed by atoms with van der Waals surface area (Å²) < 4.78 is 5.38. The first-order chi connectivity index (χ1) is 12.8. The van der Waals surface area contributed by atoms with Gasteiger partial charge in [-0.25, -0.2) is 0 Å². The second-order valence-electron chi connectivity index (χ2n) is 5.90. The predicted molar refractivity (Wildman–Crippen MR) is 103 cm³/mol. The van der Waals surface area contributed by atoms with Gasteiger partial charge in [-0.05, 0) is 43.5 Å². The van der Waals surface area contributed by atoms with Crippen LogP contribution in [-0.4, -0.2) is 35.0 Å². The number of pyridine rings is 2. The number of anilines is 1. The van der Waals surface area contributed by atoms with Gasteiger partial charge in [0.25, 0.3) is 0 Å². The first-order valence-corrected chi connectivity index (χ1v) is 8.61. The number of oxime groups is 1. The summed E-state index contributed by atoms with van der Waals surface area (Å²) in [6.07, 6.45) is 6.07. The van der Waals surface area contributed by atoms with E-state index in [1.54, 1.807) is 13.3 Å². The summed E-state index contributed by atoms with van der Waals surface area (Å²) in [6, 6.07) is 13.7. The molecule has 0 unspecified atom stereocenters. The predicted octanol–water partition coefficient (Wildman–Crippen LogP) is 3.88. The molecule has 134 valence electrons. The van der Waals surface area contributed by atoms with Gasteiger partial charge in [0, 0.05) is 29.5 Å². The maximum atomic E-state index is 8.58. The van der Waals surface area contributed by atoms with Crippen LogP contribution in [0.25, 0.3) is 10.9 Å². The van der Waals surface area contributed by atoms with Crippen molar-refractivity contribution < 1.29 is 9.94 Å². The van der Waals surface area contributed by atoms with Crippen LogP contribution in [0.5, 0.6) is 5.75 Å². The van der Waals surface area contributed by atoms with E-state index in [4.69, 9.17) is 9.94 Å². The fraction of sp³-hybridized carbons (Fsp3) is 0.250. The molecule has 0 saturated heterocycles. The van der Waals surface area contributed by atoms with Crippen LogP contribution in [0.15, 0.2) is 53.8 Å². The third kappa shape index (κ3) is 4.27. The second kappa shape index (κ2) is 8.80. The average Bonchev–Trinajstić information content (AvgIpc) is 2.68. The lowest BCUT2D eigenvalue weighted by Crippen LogP contribution is -2.04. The van der Waals surface area contributed by atoms with E-state index in [0.717, 1.165) is 53.8 Å². The van der Waals surface area contributed by atoms with Gasteiger partial charge in [-0.2, -0.15) is 0 Å². The van der Waals surface area contributed by atoms with E-state index in [0.29, 0.717) is 5.69 Å². The topological polar surface area (TPSA) is 79.6 Å². The molecule has 0 fully saturated rings. The molecule has 0 radical (unpaired) electrons. The highest BCUT2D eigenvalue weighted by Gasteiger charge is 2.06. The van der Waals surface area contributed by atoms with Crippen LogP contribution in [0.1, 0.15) is 24.2 Å².